The van der Waals surface area contributed by atoms with Crippen LogP contribution in [0.2, 0.25) is 0 Å². The van der Waals surface area contributed by atoms with Crippen molar-refractivity contribution in [1.82, 2.24) is 14.5 Å². The molecule has 1 aliphatic carbocycles. The molecule has 0 aliphatic heterocycles. The fraction of sp³-hybridized carbons (Fsp3) is 0.188. The topological polar surface area (TPSA) is 109 Å². The van der Waals surface area contributed by atoms with Gasteiger partial charge in [0.25, 0.3) is 0 Å². The van der Waals surface area contributed by atoms with Crippen molar-refractivity contribution in [1.29, 1.82) is 0 Å². The molecule has 8 heteroatoms. The smallest absolute Gasteiger partial charge is 0.407 e. The summed E-state index contributed by atoms with van der Waals surface area (Å²) in [6.45, 7) is 0. The lowest BCUT2D eigenvalue weighted by Crippen LogP contribution is -2.16. The molecule has 122 valence electrons. The van der Waals surface area contributed by atoms with Crippen molar-refractivity contribution in [3.8, 4) is 16.9 Å². The Morgan fingerprint density at radius 3 is 2.79 bits per heavy atom. The number of amides is 1. The Kier molecular flexibility index (Phi) is 3.12. The molecule has 7 nitrogen and oxygen atoms in total. The van der Waals surface area contributed by atoms with Gasteiger partial charge in [-0.3, -0.25) is 0 Å². The number of nitrogens with two attached hydrogens (primary N) is 2. The van der Waals surface area contributed by atoms with Crippen LogP contribution in [0.15, 0.2) is 30.7 Å². The molecule has 0 spiro atoms. The minimum Gasteiger partial charge on any atom is -0.407 e. The van der Waals surface area contributed by atoms with Gasteiger partial charge in [0.1, 0.15) is 17.8 Å². The van der Waals surface area contributed by atoms with Crippen molar-refractivity contribution in [3.05, 3.63) is 36.5 Å². The summed E-state index contributed by atoms with van der Waals surface area (Å²) in [5.74, 6) is -0.567. The second kappa shape index (κ2) is 5.19. The average molecular weight is 327 g/mol. The normalized spacial score (nSPS) is 14.0. The molecule has 1 aliphatic rings. The summed E-state index contributed by atoms with van der Waals surface area (Å²) in [6, 6.07) is 4.66. The fourth-order valence-electron chi connectivity index (χ4n) is 2.82. The molecule has 0 atom stereocenters. The number of carbonyl (C=O) groups is 1. The van der Waals surface area contributed by atoms with Crippen LogP contribution in [-0.4, -0.2) is 20.6 Å². The first-order chi connectivity index (χ1) is 11.5. The Morgan fingerprint density at radius 1 is 1.33 bits per heavy atom. The van der Waals surface area contributed by atoms with E-state index in [2.05, 4.69) is 19.3 Å². The van der Waals surface area contributed by atoms with Crippen molar-refractivity contribution < 1.29 is 13.9 Å². The lowest BCUT2D eigenvalue weighted by molar-refractivity contribution is 0.208. The summed E-state index contributed by atoms with van der Waals surface area (Å²) < 4.78 is 20.8. The van der Waals surface area contributed by atoms with E-state index in [9.17, 15) is 9.18 Å². The largest absolute Gasteiger partial charge is 0.410 e. The van der Waals surface area contributed by atoms with Gasteiger partial charge in [-0.25, -0.2) is 19.2 Å². The maximum absolute atomic E-state index is 14.2. The number of primary amides is 1. The van der Waals surface area contributed by atoms with Crippen LogP contribution >= 0.6 is 0 Å². The summed E-state index contributed by atoms with van der Waals surface area (Å²) in [6.07, 6.45) is 4.42. The van der Waals surface area contributed by atoms with Gasteiger partial charge in [-0.2, -0.15) is 0 Å². The van der Waals surface area contributed by atoms with E-state index < -0.39 is 11.9 Å². The molecule has 4 rings (SSSR count). The molecule has 1 fully saturated rings. The molecule has 4 N–H and O–H groups in total. The Morgan fingerprint density at radius 2 is 2.12 bits per heavy atom. The maximum Gasteiger partial charge on any atom is 0.410 e. The highest BCUT2D eigenvalue weighted by molar-refractivity contribution is 6.00. The van der Waals surface area contributed by atoms with Crippen molar-refractivity contribution in [2.45, 2.75) is 18.9 Å². The third-order valence-corrected chi connectivity index (χ3v) is 4.03. The van der Waals surface area contributed by atoms with Gasteiger partial charge in [-0.15, -0.1) is 0 Å². The van der Waals surface area contributed by atoms with Gasteiger partial charge in [0.15, 0.2) is 11.6 Å². The van der Waals surface area contributed by atoms with Crippen LogP contribution in [0.4, 0.5) is 15.0 Å². The van der Waals surface area contributed by atoms with Crippen molar-refractivity contribution >= 4 is 22.9 Å². The van der Waals surface area contributed by atoms with E-state index in [0.29, 0.717) is 22.8 Å². The summed E-state index contributed by atoms with van der Waals surface area (Å²) in [5, 5.41) is 0.687. The van der Waals surface area contributed by atoms with Gasteiger partial charge in [0.2, 0.25) is 0 Å². The fourth-order valence-corrected chi connectivity index (χ4v) is 2.82. The highest BCUT2D eigenvalue weighted by Gasteiger charge is 2.27. The van der Waals surface area contributed by atoms with Gasteiger partial charge in [0, 0.05) is 17.8 Å². The Hall–Kier alpha value is -3.16. The molecule has 0 unspecified atom stereocenters. The van der Waals surface area contributed by atoms with E-state index in [0.717, 1.165) is 24.1 Å². The number of hydrogen-bond acceptors (Lipinski definition) is 5. The van der Waals surface area contributed by atoms with Gasteiger partial charge in [0.05, 0.1) is 5.39 Å². The second-order valence-corrected chi connectivity index (χ2v) is 5.71. The number of carbonyl (C=O) groups excluding carboxylic acids is 1. The van der Waals surface area contributed by atoms with E-state index in [1.165, 1.54) is 18.5 Å². The van der Waals surface area contributed by atoms with Crippen molar-refractivity contribution in [3.63, 3.8) is 0 Å². The molecule has 2 heterocycles. The molecule has 1 saturated carbocycles. The quantitative estimate of drug-likeness (QED) is 0.768. The highest BCUT2D eigenvalue weighted by atomic mass is 19.1. The molecule has 0 saturated heterocycles. The summed E-state index contributed by atoms with van der Waals surface area (Å²) >= 11 is 0. The zero-order valence-electron chi connectivity index (χ0n) is 12.6. The summed E-state index contributed by atoms with van der Waals surface area (Å²) in [5.41, 5.74) is 13.0. The van der Waals surface area contributed by atoms with Crippen LogP contribution in [0.25, 0.3) is 22.2 Å². The number of nitrogens with zero attached hydrogens (tertiary/aromatic N) is 3. The number of fused-ring (bicyclic) bond motifs is 1. The predicted octanol–water partition coefficient (Wildman–Crippen LogP) is 2.61. The molecule has 0 radical (unpaired) electrons. The molecule has 24 heavy (non-hydrogen) atoms. The molecule has 2 aromatic heterocycles. The van der Waals surface area contributed by atoms with Gasteiger partial charge >= 0.3 is 6.09 Å². The lowest BCUT2D eigenvalue weighted by atomic mass is 10.1. The minimum atomic E-state index is -1.07. The standard InChI is InChI=1S/C16H14FN5O2/c17-11-5-8(1-4-12(11)24-16(19)23)10-6-22(9-2-3-9)15-13(10)14(18)20-7-21-15/h1,4-7,9H,2-3H2,(H2,19,23)(H2,18,20,21). The first-order valence-electron chi connectivity index (χ1n) is 7.43. The van der Waals surface area contributed by atoms with Crippen LogP contribution in [0.3, 0.4) is 0 Å². The Labute approximate surface area is 136 Å². The highest BCUT2D eigenvalue weighted by Crippen LogP contribution is 2.42. The van der Waals surface area contributed by atoms with E-state index in [4.69, 9.17) is 11.5 Å². The number of aromatic nitrogens is 3. The first-order valence-corrected chi connectivity index (χ1v) is 7.43. The molecule has 1 aromatic carbocycles. The number of halogens is 1. The number of hydrogen-bond donors (Lipinski definition) is 2. The third-order valence-electron chi connectivity index (χ3n) is 4.03. The Balaban J connectivity index is 1.87. The first kappa shape index (κ1) is 14.4. The molecule has 0 bridgehead atoms. The molecule has 3 aromatic rings. The van der Waals surface area contributed by atoms with Crippen LogP contribution in [0.5, 0.6) is 5.75 Å². The number of ether oxygens (including phenoxy) is 1. The van der Waals surface area contributed by atoms with E-state index in [1.54, 1.807) is 6.07 Å². The minimum absolute atomic E-state index is 0.221. The van der Waals surface area contributed by atoms with Crippen LogP contribution in [-0.2, 0) is 0 Å². The average Bonchev–Trinajstić information content (AvgIpc) is 3.30. The van der Waals surface area contributed by atoms with E-state index in [1.807, 2.05) is 6.20 Å². The summed E-state index contributed by atoms with van der Waals surface area (Å²) in [4.78, 5) is 19.1. The number of benzene rings is 1. The number of rotatable bonds is 3. The SMILES string of the molecule is NC(=O)Oc1ccc(-c2cn(C3CC3)c3ncnc(N)c23)cc1F. The Bertz CT molecular complexity index is 965. The zero-order valence-corrected chi connectivity index (χ0v) is 12.6. The van der Waals surface area contributed by atoms with E-state index in [-0.39, 0.29) is 5.75 Å². The molecular formula is C16H14FN5O2. The zero-order chi connectivity index (χ0) is 16.8. The predicted molar refractivity (Wildman–Crippen MR) is 85.8 cm³/mol. The van der Waals surface area contributed by atoms with Crippen LogP contribution in [0, 0.1) is 5.82 Å². The van der Waals surface area contributed by atoms with Crippen molar-refractivity contribution in [2.24, 2.45) is 5.73 Å². The van der Waals surface area contributed by atoms with Crippen LogP contribution in [0.1, 0.15) is 18.9 Å². The van der Waals surface area contributed by atoms with Gasteiger partial charge in [-0.1, -0.05) is 6.07 Å². The number of anilines is 1. The van der Waals surface area contributed by atoms with Gasteiger partial charge in [-0.05, 0) is 30.5 Å². The maximum atomic E-state index is 14.2. The number of nitrogen functional groups attached to an aromatic ring is 1. The summed E-state index contributed by atoms with van der Waals surface area (Å²) in [7, 11) is 0. The third kappa shape index (κ3) is 2.32. The monoisotopic (exact) mass is 327 g/mol. The van der Waals surface area contributed by atoms with Crippen molar-refractivity contribution in [2.75, 3.05) is 5.73 Å². The molecular weight excluding hydrogens is 313 g/mol. The van der Waals surface area contributed by atoms with Gasteiger partial charge < -0.3 is 20.8 Å². The lowest BCUT2D eigenvalue weighted by Gasteiger charge is -2.05. The molecule has 1 amide bonds. The van der Waals surface area contributed by atoms with E-state index >= 15 is 0 Å². The van der Waals surface area contributed by atoms with Crippen LogP contribution < -0.4 is 16.2 Å². The second-order valence-electron chi connectivity index (χ2n) is 5.71.